The number of hydrogen-bond donors (Lipinski definition) is 0. The van der Waals surface area contributed by atoms with Crippen LogP contribution in [0.1, 0.15) is 28.4 Å². The lowest BCUT2D eigenvalue weighted by Crippen LogP contribution is -2.03. The highest BCUT2D eigenvalue weighted by Crippen LogP contribution is 2.35. The van der Waals surface area contributed by atoms with Crippen LogP contribution in [0.3, 0.4) is 0 Å². The van der Waals surface area contributed by atoms with Gasteiger partial charge in [-0.15, -0.1) is 0 Å². The van der Waals surface area contributed by atoms with Gasteiger partial charge in [0, 0.05) is 16.5 Å². The number of alkyl halides is 1. The summed E-state index contributed by atoms with van der Waals surface area (Å²) >= 11 is 3.59. The third-order valence-corrected chi connectivity index (χ3v) is 4.03. The van der Waals surface area contributed by atoms with Gasteiger partial charge in [-0.1, -0.05) is 39.7 Å². The fourth-order valence-electron chi connectivity index (χ4n) is 2.19. The predicted molar refractivity (Wildman–Crippen MR) is 84.1 cm³/mol. The molecule has 0 saturated heterocycles. The van der Waals surface area contributed by atoms with Crippen LogP contribution in [0.15, 0.2) is 36.4 Å². The maximum Gasteiger partial charge on any atom is 0.129 e. The van der Waals surface area contributed by atoms with Gasteiger partial charge in [-0.2, -0.15) is 0 Å². The molecule has 0 spiro atoms. The lowest BCUT2D eigenvalue weighted by atomic mass is 10.0. The average molecular weight is 355 g/mol. The summed E-state index contributed by atoms with van der Waals surface area (Å²) in [5.41, 5.74) is 2.56. The van der Waals surface area contributed by atoms with Crippen molar-refractivity contribution in [3.8, 4) is 5.75 Å². The molecule has 0 aliphatic carbocycles. The van der Waals surface area contributed by atoms with Gasteiger partial charge >= 0.3 is 0 Å². The SMILES string of the molecule is CCOc1ccc(C)cc1C(Br)Cc1ccc(F)cc1F. The fraction of sp³-hybridized carbons (Fsp3) is 0.294. The van der Waals surface area contributed by atoms with Gasteiger partial charge in [0.2, 0.25) is 0 Å². The van der Waals surface area contributed by atoms with E-state index in [1.807, 2.05) is 32.0 Å². The summed E-state index contributed by atoms with van der Waals surface area (Å²) in [6, 6.07) is 9.59. The van der Waals surface area contributed by atoms with Gasteiger partial charge in [0.1, 0.15) is 17.4 Å². The molecule has 2 aromatic rings. The van der Waals surface area contributed by atoms with Gasteiger partial charge in [-0.25, -0.2) is 8.78 Å². The monoisotopic (exact) mass is 354 g/mol. The second-order valence-electron chi connectivity index (χ2n) is 4.88. The second kappa shape index (κ2) is 7.03. The topological polar surface area (TPSA) is 9.23 Å². The zero-order valence-electron chi connectivity index (χ0n) is 12.0. The highest BCUT2D eigenvalue weighted by Gasteiger charge is 2.16. The molecule has 0 N–H and O–H groups in total. The number of rotatable bonds is 5. The van der Waals surface area contributed by atoms with Gasteiger partial charge in [0.25, 0.3) is 0 Å². The van der Waals surface area contributed by atoms with Crippen molar-refractivity contribution in [3.63, 3.8) is 0 Å². The largest absolute Gasteiger partial charge is 0.494 e. The Labute approximate surface area is 132 Å². The van der Waals surface area contributed by atoms with Gasteiger partial charge < -0.3 is 4.74 Å². The van der Waals surface area contributed by atoms with Crippen LogP contribution in [0.2, 0.25) is 0 Å². The zero-order chi connectivity index (χ0) is 15.4. The van der Waals surface area contributed by atoms with Crippen LogP contribution in [0.4, 0.5) is 8.78 Å². The van der Waals surface area contributed by atoms with Crippen molar-refractivity contribution in [2.75, 3.05) is 6.61 Å². The number of halogens is 3. The van der Waals surface area contributed by atoms with Crippen LogP contribution in [0, 0.1) is 18.6 Å². The molecule has 1 nitrogen and oxygen atoms in total. The molecule has 4 heteroatoms. The van der Waals surface area contributed by atoms with E-state index in [1.54, 1.807) is 0 Å². The maximum absolute atomic E-state index is 13.8. The van der Waals surface area contributed by atoms with E-state index in [0.717, 1.165) is 22.9 Å². The first-order chi connectivity index (χ1) is 10.0. The first kappa shape index (κ1) is 16.0. The Kier molecular flexibility index (Phi) is 5.34. The lowest BCUT2D eigenvalue weighted by molar-refractivity contribution is 0.336. The van der Waals surface area contributed by atoms with Crippen molar-refractivity contribution in [1.82, 2.24) is 0 Å². The van der Waals surface area contributed by atoms with Crippen LogP contribution < -0.4 is 4.74 Å². The van der Waals surface area contributed by atoms with E-state index in [0.29, 0.717) is 18.6 Å². The second-order valence-corrected chi connectivity index (χ2v) is 5.99. The van der Waals surface area contributed by atoms with Crippen molar-refractivity contribution in [1.29, 1.82) is 0 Å². The Balaban J connectivity index is 2.27. The molecule has 0 saturated carbocycles. The van der Waals surface area contributed by atoms with Crippen LogP contribution in [0.5, 0.6) is 5.75 Å². The highest BCUT2D eigenvalue weighted by atomic mass is 79.9. The Morgan fingerprint density at radius 2 is 1.90 bits per heavy atom. The molecular formula is C17H17BrF2O. The Morgan fingerprint density at radius 1 is 1.14 bits per heavy atom. The molecule has 0 aliphatic heterocycles. The molecule has 112 valence electrons. The number of benzene rings is 2. The fourth-order valence-corrected chi connectivity index (χ4v) is 2.90. The smallest absolute Gasteiger partial charge is 0.129 e. The van der Waals surface area contributed by atoms with E-state index in [9.17, 15) is 8.78 Å². The van der Waals surface area contributed by atoms with Crippen molar-refractivity contribution >= 4 is 15.9 Å². The van der Waals surface area contributed by atoms with E-state index >= 15 is 0 Å². The van der Waals surface area contributed by atoms with Crippen LogP contribution in [-0.4, -0.2) is 6.61 Å². The summed E-state index contributed by atoms with van der Waals surface area (Å²) in [7, 11) is 0. The highest BCUT2D eigenvalue weighted by molar-refractivity contribution is 9.09. The Bertz CT molecular complexity index is 628. The molecule has 0 aromatic heterocycles. The molecule has 1 atom stereocenters. The van der Waals surface area contributed by atoms with E-state index in [4.69, 9.17) is 4.74 Å². The minimum atomic E-state index is -0.562. The quantitative estimate of drug-likeness (QED) is 0.657. The summed E-state index contributed by atoms with van der Waals surface area (Å²) in [6.45, 7) is 4.49. The molecule has 0 amide bonds. The molecule has 2 aromatic carbocycles. The first-order valence-corrected chi connectivity index (χ1v) is 7.74. The normalized spacial score (nSPS) is 12.2. The Morgan fingerprint density at radius 3 is 2.57 bits per heavy atom. The predicted octanol–water partition coefficient (Wildman–Crippen LogP) is 5.35. The van der Waals surface area contributed by atoms with Gasteiger partial charge in [-0.3, -0.25) is 0 Å². The number of ether oxygens (including phenoxy) is 1. The van der Waals surface area contributed by atoms with E-state index in [2.05, 4.69) is 15.9 Å². The molecule has 0 radical (unpaired) electrons. The minimum Gasteiger partial charge on any atom is -0.494 e. The molecule has 1 unspecified atom stereocenters. The van der Waals surface area contributed by atoms with Crippen molar-refractivity contribution in [2.24, 2.45) is 0 Å². The average Bonchev–Trinajstić information content (AvgIpc) is 2.44. The van der Waals surface area contributed by atoms with E-state index in [1.165, 1.54) is 12.1 Å². The standard InChI is InChI=1S/C17H17BrF2O/c1-3-21-17-7-4-11(2)8-14(17)15(18)9-12-5-6-13(19)10-16(12)20/h4-8,10,15H,3,9H2,1-2H3. The summed E-state index contributed by atoms with van der Waals surface area (Å²) in [4.78, 5) is -0.0982. The molecule has 21 heavy (non-hydrogen) atoms. The minimum absolute atomic E-state index is 0.0982. The van der Waals surface area contributed by atoms with E-state index < -0.39 is 11.6 Å². The summed E-state index contributed by atoms with van der Waals surface area (Å²) < 4.78 is 32.3. The van der Waals surface area contributed by atoms with Crippen molar-refractivity contribution in [3.05, 3.63) is 64.7 Å². The van der Waals surface area contributed by atoms with Gasteiger partial charge in [0.15, 0.2) is 0 Å². The summed E-state index contributed by atoms with van der Waals surface area (Å²) in [6.07, 6.45) is 0.426. The zero-order valence-corrected chi connectivity index (χ0v) is 13.6. The molecule has 2 rings (SSSR count). The maximum atomic E-state index is 13.8. The third-order valence-electron chi connectivity index (χ3n) is 3.22. The van der Waals surface area contributed by atoms with Gasteiger partial charge in [0.05, 0.1) is 6.61 Å². The first-order valence-electron chi connectivity index (χ1n) is 6.82. The van der Waals surface area contributed by atoms with Crippen LogP contribution >= 0.6 is 15.9 Å². The molecule has 0 bridgehead atoms. The number of hydrogen-bond acceptors (Lipinski definition) is 1. The van der Waals surface area contributed by atoms with Gasteiger partial charge in [-0.05, 0) is 38.0 Å². The van der Waals surface area contributed by atoms with Crippen LogP contribution in [0.25, 0.3) is 0 Å². The lowest BCUT2D eigenvalue weighted by Gasteiger charge is -2.16. The number of aryl methyl sites for hydroxylation is 1. The van der Waals surface area contributed by atoms with E-state index in [-0.39, 0.29) is 4.83 Å². The third kappa shape index (κ3) is 4.03. The van der Waals surface area contributed by atoms with Crippen molar-refractivity contribution < 1.29 is 13.5 Å². The van der Waals surface area contributed by atoms with Crippen molar-refractivity contribution in [2.45, 2.75) is 25.1 Å². The summed E-state index contributed by atoms with van der Waals surface area (Å²) in [5, 5.41) is 0. The molecule has 0 heterocycles. The molecule has 0 fully saturated rings. The summed E-state index contributed by atoms with van der Waals surface area (Å²) in [5.74, 6) is -0.300. The van der Waals surface area contributed by atoms with Crippen LogP contribution in [-0.2, 0) is 6.42 Å². The molecule has 0 aliphatic rings. The molecular weight excluding hydrogens is 338 g/mol. The Hall–Kier alpha value is -1.42.